The van der Waals surface area contributed by atoms with Crippen molar-refractivity contribution in [3.05, 3.63) is 35.9 Å². The Labute approximate surface area is 262 Å². The first-order valence-electron chi connectivity index (χ1n) is 16.6. The molecule has 1 aromatic rings. The van der Waals surface area contributed by atoms with Gasteiger partial charge in [-0.25, -0.2) is 4.79 Å². The van der Waals surface area contributed by atoms with Crippen molar-refractivity contribution >= 4 is 27.7 Å². The highest BCUT2D eigenvalue weighted by Gasteiger charge is 2.78. The lowest BCUT2D eigenvalue weighted by Gasteiger charge is -2.68. The molecule has 0 aromatic heterocycles. The number of Topliss-reactive ketones (excluding diaryl/α,β-unsaturated/α-hetero) is 1. The first kappa shape index (κ1) is 31.7. The maximum atomic E-state index is 14.7. The summed E-state index contributed by atoms with van der Waals surface area (Å²) in [5.74, 6) is 1.82. The summed E-state index contributed by atoms with van der Waals surface area (Å²) in [6.07, 6.45) is 9.32. The molecular weight excluding hydrogens is 586 g/mol. The van der Waals surface area contributed by atoms with Crippen molar-refractivity contribution in [3.63, 3.8) is 0 Å². The van der Waals surface area contributed by atoms with Gasteiger partial charge < -0.3 is 4.74 Å². The van der Waals surface area contributed by atoms with Crippen LogP contribution in [0.2, 0.25) is 0 Å². The number of nitriles is 1. The Morgan fingerprint density at radius 2 is 1.69 bits per heavy atom. The highest BCUT2D eigenvalue weighted by molar-refractivity contribution is 9.10. The highest BCUT2D eigenvalue weighted by Crippen LogP contribution is 2.77. The van der Waals surface area contributed by atoms with Crippen molar-refractivity contribution in [3.8, 4) is 6.07 Å². The summed E-state index contributed by atoms with van der Waals surface area (Å²) >= 11 is 4.21. The zero-order valence-corrected chi connectivity index (χ0v) is 28.6. The molecule has 0 bridgehead atoms. The Morgan fingerprint density at radius 3 is 2.33 bits per heavy atom. The minimum absolute atomic E-state index is 0.0859. The summed E-state index contributed by atoms with van der Waals surface area (Å²) in [7, 11) is 0. The van der Waals surface area contributed by atoms with Gasteiger partial charge in [-0.1, -0.05) is 102 Å². The molecule has 9 atom stereocenters. The number of carbonyl (C=O) groups excluding carboxylic acids is 2. The Morgan fingerprint density at radius 1 is 1.00 bits per heavy atom. The van der Waals surface area contributed by atoms with E-state index in [2.05, 4.69) is 70.5 Å². The number of esters is 1. The molecule has 4 fully saturated rings. The Balaban J connectivity index is 1.44. The molecule has 4 saturated carbocycles. The van der Waals surface area contributed by atoms with Gasteiger partial charge in [0.25, 0.3) is 0 Å². The zero-order valence-electron chi connectivity index (χ0n) is 27.0. The van der Waals surface area contributed by atoms with Gasteiger partial charge in [0, 0.05) is 11.8 Å². The maximum absolute atomic E-state index is 14.7. The molecule has 4 aliphatic carbocycles. The smallest absolute Gasteiger partial charge is 0.338 e. The summed E-state index contributed by atoms with van der Waals surface area (Å²) in [5.41, 5.74) is -0.799. The Kier molecular flexibility index (Phi) is 8.35. The molecule has 0 N–H and O–H groups in total. The van der Waals surface area contributed by atoms with Crippen molar-refractivity contribution in [2.45, 2.75) is 123 Å². The third-order valence-corrected chi connectivity index (χ3v) is 15.0. The van der Waals surface area contributed by atoms with Gasteiger partial charge in [-0.3, -0.25) is 4.79 Å². The highest BCUT2D eigenvalue weighted by atomic mass is 79.9. The number of benzene rings is 1. The van der Waals surface area contributed by atoms with Crippen molar-refractivity contribution < 1.29 is 14.3 Å². The van der Waals surface area contributed by atoms with Crippen LogP contribution >= 0.6 is 15.9 Å². The van der Waals surface area contributed by atoms with Crippen LogP contribution in [0, 0.1) is 62.6 Å². The van der Waals surface area contributed by atoms with Crippen LogP contribution in [0.15, 0.2) is 30.3 Å². The number of ether oxygens (including phenoxy) is 1. The van der Waals surface area contributed by atoms with Crippen LogP contribution in [0.3, 0.4) is 0 Å². The molecule has 0 saturated heterocycles. The second-order valence-corrected chi connectivity index (χ2v) is 17.2. The number of rotatable bonds is 7. The molecule has 4 nitrogen and oxygen atoms in total. The number of carbonyl (C=O) groups is 2. The van der Waals surface area contributed by atoms with Crippen LogP contribution in [-0.2, 0) is 9.53 Å². The number of nitrogens with zero attached hydrogens (tertiary/aromatic N) is 1. The SMILES string of the molecule is CC(C)CCC[C@@H](C)[C@H]1CC[C@]2(C#N)[C@]1(C)CC[C@@H]1[C@@]3(C)CC[C@H](OC(=O)c4ccccc4)C(C)(C)[C@@H]3CC(=O)[C@]12Br. The summed E-state index contributed by atoms with van der Waals surface area (Å²) in [5, 5.41) is 11.1. The Hall–Kier alpha value is -1.67. The summed E-state index contributed by atoms with van der Waals surface area (Å²) in [4.78, 5) is 27.7. The fraction of sp³-hybridized carbons (Fsp3) is 0.757. The second kappa shape index (κ2) is 11.0. The molecule has 0 spiro atoms. The summed E-state index contributed by atoms with van der Waals surface area (Å²) < 4.78 is 5.35. The van der Waals surface area contributed by atoms with E-state index in [-0.39, 0.29) is 45.9 Å². The predicted molar refractivity (Wildman–Crippen MR) is 171 cm³/mol. The number of hydrogen-bond donors (Lipinski definition) is 0. The largest absolute Gasteiger partial charge is 0.458 e. The van der Waals surface area contributed by atoms with Gasteiger partial charge in [0.1, 0.15) is 10.4 Å². The van der Waals surface area contributed by atoms with Crippen LogP contribution in [0.25, 0.3) is 0 Å². The number of ketones is 1. The monoisotopic (exact) mass is 637 g/mol. The van der Waals surface area contributed by atoms with E-state index in [4.69, 9.17) is 4.74 Å². The molecule has 0 radical (unpaired) electrons. The summed E-state index contributed by atoms with van der Waals surface area (Å²) in [6, 6.07) is 12.1. The van der Waals surface area contributed by atoms with Gasteiger partial charge in [-0.2, -0.15) is 5.26 Å². The van der Waals surface area contributed by atoms with E-state index in [1.165, 1.54) is 19.3 Å². The molecule has 0 heterocycles. The van der Waals surface area contributed by atoms with Gasteiger partial charge >= 0.3 is 5.97 Å². The summed E-state index contributed by atoms with van der Waals surface area (Å²) in [6.45, 7) is 16.1. The molecule has 0 aliphatic heterocycles. The molecule has 4 aliphatic rings. The second-order valence-electron chi connectivity index (χ2n) is 16.0. The van der Waals surface area contributed by atoms with Gasteiger partial charge in [-0.15, -0.1) is 0 Å². The molecule has 230 valence electrons. The van der Waals surface area contributed by atoms with Crippen LogP contribution in [0.1, 0.15) is 123 Å². The van der Waals surface area contributed by atoms with E-state index in [0.717, 1.165) is 38.5 Å². The molecule has 42 heavy (non-hydrogen) atoms. The molecular formula is C37H52BrNO3. The predicted octanol–water partition coefficient (Wildman–Crippen LogP) is 9.56. The molecule has 5 heteroatoms. The van der Waals surface area contributed by atoms with Gasteiger partial charge in [0.15, 0.2) is 5.78 Å². The fourth-order valence-corrected chi connectivity index (χ4v) is 12.6. The van der Waals surface area contributed by atoms with E-state index >= 15 is 0 Å². The van der Waals surface area contributed by atoms with Crippen molar-refractivity contribution in [2.24, 2.45) is 51.2 Å². The van der Waals surface area contributed by atoms with E-state index in [0.29, 0.717) is 29.7 Å². The number of hydrogen-bond acceptors (Lipinski definition) is 4. The number of halogens is 1. The lowest BCUT2D eigenvalue weighted by atomic mass is 9.37. The number of alkyl halides is 1. The van der Waals surface area contributed by atoms with Crippen molar-refractivity contribution in [1.29, 1.82) is 5.26 Å². The van der Waals surface area contributed by atoms with Crippen molar-refractivity contribution in [1.82, 2.24) is 0 Å². The zero-order chi connectivity index (χ0) is 30.7. The normalized spacial score (nSPS) is 41.3. The van der Waals surface area contributed by atoms with Crippen LogP contribution in [0.5, 0.6) is 0 Å². The first-order valence-corrected chi connectivity index (χ1v) is 17.4. The Bertz CT molecular complexity index is 1240. The van der Waals surface area contributed by atoms with Gasteiger partial charge in [0.2, 0.25) is 0 Å². The maximum Gasteiger partial charge on any atom is 0.338 e. The quantitative estimate of drug-likeness (QED) is 0.220. The minimum atomic E-state index is -0.830. The lowest BCUT2D eigenvalue weighted by molar-refractivity contribution is -0.185. The molecule has 1 aromatic carbocycles. The van der Waals surface area contributed by atoms with E-state index in [1.54, 1.807) is 12.1 Å². The molecule has 0 amide bonds. The van der Waals surface area contributed by atoms with E-state index < -0.39 is 9.74 Å². The number of fused-ring (bicyclic) bond motifs is 5. The van der Waals surface area contributed by atoms with Crippen molar-refractivity contribution in [2.75, 3.05) is 0 Å². The third kappa shape index (κ3) is 4.47. The first-order chi connectivity index (χ1) is 19.7. The topological polar surface area (TPSA) is 67.2 Å². The lowest BCUT2D eigenvalue weighted by Crippen LogP contribution is -2.71. The van der Waals surface area contributed by atoms with Gasteiger partial charge in [0.05, 0.1) is 17.0 Å². The average Bonchev–Trinajstić information content (AvgIpc) is 3.26. The average molecular weight is 639 g/mol. The van der Waals surface area contributed by atoms with Gasteiger partial charge in [-0.05, 0) is 91.1 Å². The third-order valence-electron chi connectivity index (χ3n) is 13.3. The standard InChI is InChI=1S/C37H52BrNO3/c1-24(2)12-11-13-25(3)27-16-21-36(23-39)35(27,7)20-17-28-34(6)19-18-31(42-32(41)26-14-9-8-10-15-26)33(4,5)29(34)22-30(40)37(28,36)38/h8-10,14-15,24-25,27-29,31H,11-13,16-22H2,1-7H3/t25-,27-,28-,29+,31+,34-,35-,36+,37-/m1/s1. The van der Waals surface area contributed by atoms with Crippen LogP contribution < -0.4 is 0 Å². The van der Waals surface area contributed by atoms with Crippen LogP contribution in [-0.4, -0.2) is 22.2 Å². The van der Waals surface area contributed by atoms with Crippen LogP contribution in [0.4, 0.5) is 0 Å². The molecule has 0 unspecified atom stereocenters. The van der Waals surface area contributed by atoms with E-state index in [9.17, 15) is 14.9 Å². The molecule has 5 rings (SSSR count). The minimum Gasteiger partial charge on any atom is -0.458 e. The fourth-order valence-electron chi connectivity index (χ4n) is 11.0. The van der Waals surface area contributed by atoms with E-state index in [1.807, 2.05) is 18.2 Å².